The van der Waals surface area contributed by atoms with Gasteiger partial charge in [0, 0.05) is 30.8 Å². The molecule has 0 saturated carbocycles. The molecule has 0 aromatic carbocycles. The maximum absolute atomic E-state index is 12.0. The Morgan fingerprint density at radius 1 is 1.45 bits per heavy atom. The monoisotopic (exact) mass is 278 g/mol. The lowest BCUT2D eigenvalue weighted by Gasteiger charge is -2.24. The number of hydrogen-bond acceptors (Lipinski definition) is 4. The molecule has 0 radical (unpaired) electrons. The van der Waals surface area contributed by atoms with E-state index in [9.17, 15) is 4.79 Å². The van der Waals surface area contributed by atoms with Crippen molar-refractivity contribution in [3.05, 3.63) is 23.9 Å². The van der Waals surface area contributed by atoms with Gasteiger partial charge in [-0.3, -0.25) is 0 Å². The van der Waals surface area contributed by atoms with Gasteiger partial charge in [0.1, 0.15) is 5.60 Å². The van der Waals surface area contributed by atoms with Crippen molar-refractivity contribution in [3.63, 3.8) is 0 Å². The maximum Gasteiger partial charge on any atom is 0.410 e. The van der Waals surface area contributed by atoms with Gasteiger partial charge in [0.25, 0.3) is 0 Å². The minimum atomic E-state index is -0.457. The molecule has 5 nitrogen and oxygen atoms in total. The Kier molecular flexibility index (Phi) is 4.16. The number of carbonyl (C=O) groups excluding carboxylic acids is 1. The molecule has 2 heterocycles. The molecule has 1 atom stereocenters. The summed E-state index contributed by atoms with van der Waals surface area (Å²) in [6.07, 6.45) is 2.37. The zero-order valence-corrected chi connectivity index (χ0v) is 12.5. The highest BCUT2D eigenvalue weighted by molar-refractivity contribution is 5.68. The largest absolute Gasteiger partial charge is 0.481 e. The van der Waals surface area contributed by atoms with Crippen molar-refractivity contribution in [2.45, 2.75) is 38.7 Å². The van der Waals surface area contributed by atoms with Crippen LogP contribution in [0.3, 0.4) is 0 Å². The number of ether oxygens (including phenoxy) is 2. The molecule has 1 saturated heterocycles. The Morgan fingerprint density at radius 2 is 2.20 bits per heavy atom. The van der Waals surface area contributed by atoms with Crippen molar-refractivity contribution >= 4 is 6.09 Å². The van der Waals surface area contributed by atoms with Crippen LogP contribution in [0, 0.1) is 0 Å². The number of nitrogens with zero attached hydrogens (tertiary/aromatic N) is 2. The van der Waals surface area contributed by atoms with Crippen molar-refractivity contribution in [1.29, 1.82) is 0 Å². The summed E-state index contributed by atoms with van der Waals surface area (Å²) >= 11 is 0. The first-order valence-electron chi connectivity index (χ1n) is 6.87. The van der Waals surface area contributed by atoms with Crippen molar-refractivity contribution < 1.29 is 14.3 Å². The number of methoxy groups -OCH3 is 1. The molecule has 0 bridgehead atoms. The number of aromatic nitrogens is 1. The first kappa shape index (κ1) is 14.6. The van der Waals surface area contributed by atoms with Crippen molar-refractivity contribution in [2.24, 2.45) is 0 Å². The van der Waals surface area contributed by atoms with E-state index in [4.69, 9.17) is 9.47 Å². The van der Waals surface area contributed by atoms with E-state index in [0.717, 1.165) is 12.0 Å². The minimum absolute atomic E-state index is 0.247. The van der Waals surface area contributed by atoms with Gasteiger partial charge in [0.05, 0.1) is 7.11 Å². The molecule has 1 aliphatic rings. The van der Waals surface area contributed by atoms with Gasteiger partial charge in [-0.15, -0.1) is 0 Å². The number of rotatable bonds is 2. The topological polar surface area (TPSA) is 51.7 Å². The van der Waals surface area contributed by atoms with Gasteiger partial charge in [-0.25, -0.2) is 9.78 Å². The van der Waals surface area contributed by atoms with Crippen LogP contribution < -0.4 is 4.74 Å². The molecule has 110 valence electrons. The Balaban J connectivity index is 2.04. The molecule has 5 heteroatoms. The van der Waals surface area contributed by atoms with Crippen LogP contribution in [-0.2, 0) is 4.74 Å². The minimum Gasteiger partial charge on any atom is -0.481 e. The van der Waals surface area contributed by atoms with E-state index in [1.54, 1.807) is 18.2 Å². The molecular weight excluding hydrogens is 256 g/mol. The number of carbonyl (C=O) groups is 1. The average molecular weight is 278 g/mol. The molecule has 1 fully saturated rings. The lowest BCUT2D eigenvalue weighted by molar-refractivity contribution is 0.0292. The summed E-state index contributed by atoms with van der Waals surface area (Å²) < 4.78 is 10.7. The van der Waals surface area contributed by atoms with Crippen molar-refractivity contribution in [1.82, 2.24) is 9.88 Å². The third-order valence-electron chi connectivity index (χ3n) is 3.27. The first-order chi connectivity index (χ1) is 9.40. The van der Waals surface area contributed by atoms with Gasteiger partial charge in [0.2, 0.25) is 5.88 Å². The molecule has 0 aliphatic carbocycles. The predicted octanol–water partition coefficient (Wildman–Crippen LogP) is 2.81. The molecule has 0 spiro atoms. The second-order valence-corrected chi connectivity index (χ2v) is 6.01. The summed E-state index contributed by atoms with van der Waals surface area (Å²) in [5, 5.41) is 0. The van der Waals surface area contributed by atoms with Crippen LogP contribution in [0.25, 0.3) is 0 Å². The van der Waals surface area contributed by atoms with Crippen LogP contribution in [0.1, 0.15) is 38.7 Å². The Hall–Kier alpha value is -1.78. The average Bonchev–Trinajstić information content (AvgIpc) is 2.86. The fourth-order valence-corrected chi connectivity index (χ4v) is 2.39. The van der Waals surface area contributed by atoms with Crippen LogP contribution in [0.15, 0.2) is 18.3 Å². The summed E-state index contributed by atoms with van der Waals surface area (Å²) in [6, 6.07) is 3.91. The second-order valence-electron chi connectivity index (χ2n) is 6.01. The summed E-state index contributed by atoms with van der Waals surface area (Å²) in [5.74, 6) is 0.898. The van der Waals surface area contributed by atoms with E-state index < -0.39 is 5.60 Å². The standard InChI is InChI=1S/C15H22N2O3/c1-15(2,3)20-14(18)17-9-7-11(10-17)12-6-5-8-16-13(12)19-4/h5-6,8,11H,7,9-10H2,1-4H3/t11-/m1/s1. The molecule has 2 rings (SSSR count). The highest BCUT2D eigenvalue weighted by Crippen LogP contribution is 2.32. The van der Waals surface area contributed by atoms with Crippen LogP contribution in [0.4, 0.5) is 4.79 Å². The Morgan fingerprint density at radius 3 is 2.85 bits per heavy atom. The fraction of sp³-hybridized carbons (Fsp3) is 0.600. The molecule has 1 aliphatic heterocycles. The van der Waals surface area contributed by atoms with Gasteiger partial charge >= 0.3 is 6.09 Å². The molecular formula is C15H22N2O3. The number of amides is 1. The van der Waals surface area contributed by atoms with Crippen molar-refractivity contribution in [3.8, 4) is 5.88 Å². The zero-order chi connectivity index (χ0) is 14.8. The number of hydrogen-bond donors (Lipinski definition) is 0. The molecule has 0 unspecified atom stereocenters. The summed E-state index contributed by atoms with van der Waals surface area (Å²) in [4.78, 5) is 18.0. The van der Waals surface area contributed by atoms with E-state index in [2.05, 4.69) is 4.98 Å². The summed E-state index contributed by atoms with van der Waals surface area (Å²) in [7, 11) is 1.62. The van der Waals surface area contributed by atoms with E-state index in [0.29, 0.717) is 19.0 Å². The molecule has 1 amide bonds. The third-order valence-corrected chi connectivity index (χ3v) is 3.27. The van der Waals surface area contributed by atoms with E-state index in [-0.39, 0.29) is 12.0 Å². The predicted molar refractivity (Wildman–Crippen MR) is 76.0 cm³/mol. The van der Waals surface area contributed by atoms with Gasteiger partial charge in [-0.2, -0.15) is 0 Å². The van der Waals surface area contributed by atoms with Crippen LogP contribution in [0.2, 0.25) is 0 Å². The fourth-order valence-electron chi connectivity index (χ4n) is 2.39. The van der Waals surface area contributed by atoms with Gasteiger partial charge in [-0.1, -0.05) is 6.07 Å². The van der Waals surface area contributed by atoms with Crippen LogP contribution in [-0.4, -0.2) is 41.8 Å². The smallest absolute Gasteiger partial charge is 0.410 e. The van der Waals surface area contributed by atoms with Crippen LogP contribution >= 0.6 is 0 Å². The lowest BCUT2D eigenvalue weighted by Crippen LogP contribution is -2.35. The third kappa shape index (κ3) is 3.40. The molecule has 20 heavy (non-hydrogen) atoms. The van der Waals surface area contributed by atoms with Gasteiger partial charge in [-0.05, 0) is 33.3 Å². The summed E-state index contributed by atoms with van der Waals surface area (Å²) in [5.41, 5.74) is 0.599. The van der Waals surface area contributed by atoms with E-state index in [1.165, 1.54) is 0 Å². The normalized spacial score (nSPS) is 19.0. The van der Waals surface area contributed by atoms with Crippen LogP contribution in [0.5, 0.6) is 5.88 Å². The zero-order valence-electron chi connectivity index (χ0n) is 12.5. The second kappa shape index (κ2) is 5.69. The SMILES string of the molecule is COc1ncccc1[C@@H]1CCN(C(=O)OC(C)(C)C)C1. The Labute approximate surface area is 119 Å². The van der Waals surface area contributed by atoms with Gasteiger partial charge in [0.15, 0.2) is 0 Å². The summed E-state index contributed by atoms with van der Waals surface area (Å²) in [6.45, 7) is 6.99. The van der Waals surface area contributed by atoms with E-state index >= 15 is 0 Å². The highest BCUT2D eigenvalue weighted by Gasteiger charge is 2.31. The maximum atomic E-state index is 12.0. The highest BCUT2D eigenvalue weighted by atomic mass is 16.6. The quantitative estimate of drug-likeness (QED) is 0.834. The number of pyridine rings is 1. The molecule has 1 aromatic rings. The lowest BCUT2D eigenvalue weighted by atomic mass is 10.00. The molecule has 1 aromatic heterocycles. The number of likely N-dealkylation sites (tertiary alicyclic amines) is 1. The van der Waals surface area contributed by atoms with E-state index in [1.807, 2.05) is 32.9 Å². The Bertz CT molecular complexity index is 482. The van der Waals surface area contributed by atoms with Crippen molar-refractivity contribution in [2.75, 3.05) is 20.2 Å². The van der Waals surface area contributed by atoms with Gasteiger partial charge < -0.3 is 14.4 Å². The molecule has 0 N–H and O–H groups in total. The first-order valence-corrected chi connectivity index (χ1v) is 6.87.